The van der Waals surface area contributed by atoms with Crippen LogP contribution in [0.15, 0.2) is 0 Å². The Morgan fingerprint density at radius 1 is 1.06 bits per heavy atom. The molecule has 2 nitrogen and oxygen atoms in total. The van der Waals surface area contributed by atoms with Gasteiger partial charge in [-0.25, -0.2) is 0 Å². The van der Waals surface area contributed by atoms with Crippen molar-refractivity contribution in [2.45, 2.75) is 65.3 Å². The molecule has 0 aromatic rings. The molecule has 0 aliphatic heterocycles. The van der Waals surface area contributed by atoms with Gasteiger partial charge in [0.2, 0.25) is 0 Å². The molecule has 1 aliphatic carbocycles. The Morgan fingerprint density at radius 3 is 2.41 bits per heavy atom. The molecule has 2 N–H and O–H groups in total. The second-order valence-corrected chi connectivity index (χ2v) is 6.20. The Kier molecular flexibility index (Phi) is 7.87. The first-order valence-corrected chi connectivity index (χ1v) is 7.62. The molecule has 1 saturated carbocycles. The molecule has 1 aliphatic rings. The van der Waals surface area contributed by atoms with Crippen LogP contribution in [0.5, 0.6) is 0 Å². The first-order valence-electron chi connectivity index (χ1n) is 7.62. The van der Waals surface area contributed by atoms with E-state index in [1.807, 2.05) is 0 Å². The van der Waals surface area contributed by atoms with Gasteiger partial charge in [0.1, 0.15) is 0 Å². The van der Waals surface area contributed by atoms with Crippen LogP contribution in [0.1, 0.15) is 59.3 Å². The maximum absolute atomic E-state index is 3.62. The monoisotopic (exact) mass is 240 g/mol. The van der Waals surface area contributed by atoms with Crippen molar-refractivity contribution in [1.29, 1.82) is 0 Å². The average molecular weight is 240 g/mol. The summed E-state index contributed by atoms with van der Waals surface area (Å²) in [5.74, 6) is 1.80. The van der Waals surface area contributed by atoms with Crippen LogP contribution in [-0.2, 0) is 0 Å². The summed E-state index contributed by atoms with van der Waals surface area (Å²) in [6.45, 7) is 10.2. The Hall–Kier alpha value is -0.0800. The van der Waals surface area contributed by atoms with Gasteiger partial charge < -0.3 is 10.6 Å². The predicted molar refractivity (Wildman–Crippen MR) is 76.4 cm³/mol. The van der Waals surface area contributed by atoms with Gasteiger partial charge in [-0.3, -0.25) is 0 Å². The fraction of sp³-hybridized carbons (Fsp3) is 1.00. The minimum Gasteiger partial charge on any atom is -0.315 e. The van der Waals surface area contributed by atoms with Gasteiger partial charge in [-0.15, -0.1) is 0 Å². The summed E-state index contributed by atoms with van der Waals surface area (Å²) in [4.78, 5) is 0. The van der Waals surface area contributed by atoms with Gasteiger partial charge in [0, 0.05) is 12.6 Å². The lowest BCUT2D eigenvalue weighted by Gasteiger charge is -2.16. The van der Waals surface area contributed by atoms with Crippen molar-refractivity contribution in [1.82, 2.24) is 10.6 Å². The minimum absolute atomic E-state index is 0.609. The molecule has 1 fully saturated rings. The Bertz CT molecular complexity index is 174. The molecule has 1 atom stereocenters. The first-order chi connectivity index (χ1) is 8.18. The van der Waals surface area contributed by atoms with E-state index in [1.165, 1.54) is 45.1 Å². The van der Waals surface area contributed by atoms with Gasteiger partial charge in [0.25, 0.3) is 0 Å². The van der Waals surface area contributed by atoms with E-state index in [0.29, 0.717) is 6.04 Å². The average Bonchev–Trinajstić information content (AvgIpc) is 2.76. The third-order valence-electron chi connectivity index (χ3n) is 3.76. The van der Waals surface area contributed by atoms with Crippen LogP contribution in [-0.4, -0.2) is 25.7 Å². The van der Waals surface area contributed by atoms with Crippen LogP contribution >= 0.6 is 0 Å². The van der Waals surface area contributed by atoms with Crippen molar-refractivity contribution in [2.24, 2.45) is 11.8 Å². The maximum Gasteiger partial charge on any atom is 0.0164 e. The molecule has 102 valence electrons. The highest BCUT2D eigenvalue weighted by Crippen LogP contribution is 2.28. The van der Waals surface area contributed by atoms with Crippen molar-refractivity contribution >= 4 is 0 Å². The molecule has 0 bridgehead atoms. The van der Waals surface area contributed by atoms with E-state index in [4.69, 9.17) is 0 Å². The third-order valence-corrected chi connectivity index (χ3v) is 3.76. The first kappa shape index (κ1) is 15.0. The van der Waals surface area contributed by atoms with E-state index in [2.05, 4.69) is 31.4 Å². The van der Waals surface area contributed by atoms with E-state index in [1.54, 1.807) is 0 Å². The zero-order chi connectivity index (χ0) is 12.5. The smallest absolute Gasteiger partial charge is 0.0164 e. The van der Waals surface area contributed by atoms with Gasteiger partial charge in [-0.2, -0.15) is 0 Å². The molecule has 0 heterocycles. The van der Waals surface area contributed by atoms with Crippen LogP contribution < -0.4 is 10.6 Å². The van der Waals surface area contributed by atoms with Crippen molar-refractivity contribution in [3.63, 3.8) is 0 Å². The van der Waals surface area contributed by atoms with Gasteiger partial charge in [-0.1, -0.05) is 39.5 Å². The number of hydrogen-bond acceptors (Lipinski definition) is 2. The van der Waals surface area contributed by atoms with Gasteiger partial charge in [-0.05, 0) is 44.7 Å². The van der Waals surface area contributed by atoms with E-state index in [0.717, 1.165) is 24.9 Å². The number of nitrogens with one attached hydrogen (secondary N) is 2. The highest BCUT2D eigenvalue weighted by atomic mass is 15.0. The van der Waals surface area contributed by atoms with Crippen molar-refractivity contribution in [2.75, 3.05) is 19.6 Å². The summed E-state index contributed by atoms with van der Waals surface area (Å²) in [6, 6.07) is 0.609. The predicted octanol–water partition coefficient (Wildman–Crippen LogP) is 3.18. The van der Waals surface area contributed by atoms with Gasteiger partial charge in [0.05, 0.1) is 0 Å². The maximum atomic E-state index is 3.62. The molecule has 17 heavy (non-hydrogen) atoms. The fourth-order valence-electron chi connectivity index (χ4n) is 2.70. The molecule has 0 saturated heterocycles. The second kappa shape index (κ2) is 8.93. The molecule has 0 radical (unpaired) electrons. The second-order valence-electron chi connectivity index (χ2n) is 6.20. The third kappa shape index (κ3) is 7.77. The molecular weight excluding hydrogens is 208 g/mol. The van der Waals surface area contributed by atoms with Crippen molar-refractivity contribution < 1.29 is 0 Å². The van der Waals surface area contributed by atoms with Crippen LogP contribution in [0.3, 0.4) is 0 Å². The van der Waals surface area contributed by atoms with E-state index >= 15 is 0 Å². The standard InChI is InChI=1S/C15H32N2/c1-13(2)11-16-12-14(3)17-10-6-9-15-7-4-5-8-15/h13-17H,4-12H2,1-3H3. The largest absolute Gasteiger partial charge is 0.315 e. The summed E-state index contributed by atoms with van der Waals surface area (Å²) in [6.07, 6.45) is 8.75. The van der Waals surface area contributed by atoms with Crippen molar-refractivity contribution in [3.05, 3.63) is 0 Å². The van der Waals surface area contributed by atoms with Crippen LogP contribution in [0.25, 0.3) is 0 Å². The summed E-state index contributed by atoms with van der Waals surface area (Å²) >= 11 is 0. The van der Waals surface area contributed by atoms with Gasteiger partial charge in [0.15, 0.2) is 0 Å². The quantitative estimate of drug-likeness (QED) is 0.605. The van der Waals surface area contributed by atoms with E-state index in [-0.39, 0.29) is 0 Å². The zero-order valence-corrected chi connectivity index (χ0v) is 12.1. The fourth-order valence-corrected chi connectivity index (χ4v) is 2.70. The Morgan fingerprint density at radius 2 is 1.76 bits per heavy atom. The molecule has 0 amide bonds. The van der Waals surface area contributed by atoms with Gasteiger partial charge >= 0.3 is 0 Å². The normalized spacial score (nSPS) is 19.1. The van der Waals surface area contributed by atoms with Crippen LogP contribution in [0.2, 0.25) is 0 Å². The lowest BCUT2D eigenvalue weighted by Crippen LogP contribution is -2.38. The topological polar surface area (TPSA) is 24.1 Å². The Balaban J connectivity index is 1.87. The molecule has 1 unspecified atom stereocenters. The number of hydrogen-bond donors (Lipinski definition) is 2. The van der Waals surface area contributed by atoms with Crippen LogP contribution in [0.4, 0.5) is 0 Å². The lowest BCUT2D eigenvalue weighted by molar-refractivity contribution is 0.435. The number of rotatable bonds is 9. The summed E-state index contributed by atoms with van der Waals surface area (Å²) in [5, 5.41) is 7.12. The molecule has 1 rings (SSSR count). The minimum atomic E-state index is 0.609. The SMILES string of the molecule is CC(C)CNCC(C)NCCCC1CCCC1. The summed E-state index contributed by atoms with van der Waals surface area (Å²) in [5.41, 5.74) is 0. The molecular formula is C15H32N2. The van der Waals surface area contributed by atoms with Crippen molar-refractivity contribution in [3.8, 4) is 0 Å². The molecule has 0 aromatic heterocycles. The van der Waals surface area contributed by atoms with E-state index < -0.39 is 0 Å². The summed E-state index contributed by atoms with van der Waals surface area (Å²) in [7, 11) is 0. The van der Waals surface area contributed by atoms with E-state index in [9.17, 15) is 0 Å². The molecule has 0 spiro atoms. The highest BCUT2D eigenvalue weighted by Gasteiger charge is 2.14. The lowest BCUT2D eigenvalue weighted by atomic mass is 10.0. The highest BCUT2D eigenvalue weighted by molar-refractivity contribution is 4.69. The molecule has 2 heteroatoms. The summed E-state index contributed by atoms with van der Waals surface area (Å²) < 4.78 is 0. The van der Waals surface area contributed by atoms with Crippen LogP contribution in [0, 0.1) is 11.8 Å². The Labute approximate surface area is 108 Å². The molecule has 0 aromatic carbocycles. The zero-order valence-electron chi connectivity index (χ0n) is 12.1.